The summed E-state index contributed by atoms with van der Waals surface area (Å²) in [7, 11) is 0. The molecule has 3 aromatic rings. The lowest BCUT2D eigenvalue weighted by molar-refractivity contribution is 0.303. The van der Waals surface area contributed by atoms with E-state index in [9.17, 15) is 0 Å². The van der Waals surface area contributed by atoms with Crippen molar-refractivity contribution in [2.24, 2.45) is 11.1 Å². The van der Waals surface area contributed by atoms with Crippen molar-refractivity contribution in [3.8, 4) is 11.5 Å². The predicted molar refractivity (Wildman–Crippen MR) is 81.4 cm³/mol. The average Bonchev–Trinajstić information content (AvgIpc) is 2.94. The van der Waals surface area contributed by atoms with E-state index in [-0.39, 0.29) is 11.5 Å². The Morgan fingerprint density at radius 2 is 2.00 bits per heavy atom. The molecule has 2 heterocycles. The Labute approximate surface area is 123 Å². The Morgan fingerprint density at radius 3 is 2.76 bits per heavy atom. The molecule has 0 fully saturated rings. The molecule has 2 aromatic heterocycles. The molecule has 0 saturated heterocycles. The molecular weight excluding hydrogens is 264 g/mol. The summed E-state index contributed by atoms with van der Waals surface area (Å²) < 4.78 is 5.35. The third-order valence-electron chi connectivity index (χ3n) is 3.50. The van der Waals surface area contributed by atoms with Gasteiger partial charge in [0.15, 0.2) is 5.82 Å². The number of hydrogen-bond acceptors (Lipinski definition) is 5. The van der Waals surface area contributed by atoms with E-state index in [1.807, 2.05) is 30.3 Å². The molecule has 108 valence electrons. The second kappa shape index (κ2) is 4.93. The topological polar surface area (TPSA) is 77.8 Å². The maximum Gasteiger partial charge on any atom is 0.258 e. The first-order valence-corrected chi connectivity index (χ1v) is 6.89. The maximum atomic E-state index is 6.16. The molecule has 1 aromatic carbocycles. The summed E-state index contributed by atoms with van der Waals surface area (Å²) in [6, 6.07) is 9.50. The van der Waals surface area contributed by atoms with Crippen molar-refractivity contribution >= 4 is 10.9 Å². The van der Waals surface area contributed by atoms with E-state index in [2.05, 4.69) is 35.9 Å². The highest BCUT2D eigenvalue weighted by molar-refractivity contribution is 5.82. The monoisotopic (exact) mass is 282 g/mol. The number of rotatable bonds is 2. The van der Waals surface area contributed by atoms with Gasteiger partial charge in [0.25, 0.3) is 5.89 Å². The van der Waals surface area contributed by atoms with Crippen LogP contribution in [0.3, 0.4) is 0 Å². The standard InChI is InChI=1S/C16H18N4O/c1-16(2,3)13(17)14-19-15(21-20-14)11-6-7-12-10(9-11)5-4-8-18-12/h4-9,13H,17H2,1-3H3. The minimum absolute atomic E-state index is 0.117. The molecule has 5 heteroatoms. The summed E-state index contributed by atoms with van der Waals surface area (Å²) >= 11 is 0. The van der Waals surface area contributed by atoms with Gasteiger partial charge in [0.2, 0.25) is 0 Å². The van der Waals surface area contributed by atoms with E-state index in [0.717, 1.165) is 16.5 Å². The molecule has 1 unspecified atom stereocenters. The fraction of sp³-hybridized carbons (Fsp3) is 0.312. The van der Waals surface area contributed by atoms with E-state index >= 15 is 0 Å². The molecule has 1 atom stereocenters. The molecular formula is C16H18N4O. The van der Waals surface area contributed by atoms with Crippen molar-refractivity contribution in [3.63, 3.8) is 0 Å². The molecule has 0 radical (unpaired) electrons. The Hall–Kier alpha value is -2.27. The normalized spacial score (nSPS) is 13.5. The summed E-state index contributed by atoms with van der Waals surface area (Å²) in [6.45, 7) is 6.15. The molecule has 21 heavy (non-hydrogen) atoms. The number of aromatic nitrogens is 3. The first-order valence-electron chi connectivity index (χ1n) is 6.89. The summed E-state index contributed by atoms with van der Waals surface area (Å²) in [4.78, 5) is 8.73. The van der Waals surface area contributed by atoms with Crippen LogP contribution in [-0.2, 0) is 0 Å². The molecule has 0 aliphatic rings. The summed E-state index contributed by atoms with van der Waals surface area (Å²) in [5.41, 5.74) is 7.85. The van der Waals surface area contributed by atoms with Gasteiger partial charge in [-0.25, -0.2) is 0 Å². The maximum absolute atomic E-state index is 6.16. The van der Waals surface area contributed by atoms with Crippen molar-refractivity contribution in [3.05, 3.63) is 42.4 Å². The molecule has 3 rings (SSSR count). The Balaban J connectivity index is 1.98. The predicted octanol–water partition coefficient (Wildman–Crippen LogP) is 3.33. The van der Waals surface area contributed by atoms with Gasteiger partial charge in [-0.2, -0.15) is 4.98 Å². The highest BCUT2D eigenvalue weighted by Crippen LogP contribution is 2.30. The van der Waals surface area contributed by atoms with Crippen molar-refractivity contribution in [1.82, 2.24) is 15.1 Å². The summed E-state index contributed by atoms with van der Waals surface area (Å²) in [5.74, 6) is 1.01. The second-order valence-electron chi connectivity index (χ2n) is 6.21. The Bertz CT molecular complexity index is 773. The first-order chi connectivity index (χ1) is 9.95. The number of benzene rings is 1. The molecule has 0 aliphatic carbocycles. The highest BCUT2D eigenvalue weighted by Gasteiger charge is 2.27. The lowest BCUT2D eigenvalue weighted by Gasteiger charge is -2.23. The van der Waals surface area contributed by atoms with Crippen LogP contribution in [0.5, 0.6) is 0 Å². The SMILES string of the molecule is CC(C)(C)C(N)c1noc(-c2ccc3ncccc3c2)n1. The van der Waals surface area contributed by atoms with E-state index in [1.165, 1.54) is 0 Å². The Kier molecular flexibility index (Phi) is 3.22. The molecule has 0 amide bonds. The third kappa shape index (κ3) is 2.64. The smallest absolute Gasteiger partial charge is 0.258 e. The number of nitrogens with zero attached hydrogens (tertiary/aromatic N) is 3. The fourth-order valence-corrected chi connectivity index (χ4v) is 2.07. The Morgan fingerprint density at radius 1 is 1.19 bits per heavy atom. The van der Waals surface area contributed by atoms with E-state index in [4.69, 9.17) is 10.3 Å². The largest absolute Gasteiger partial charge is 0.334 e. The molecule has 0 bridgehead atoms. The second-order valence-corrected chi connectivity index (χ2v) is 6.21. The summed E-state index contributed by atoms with van der Waals surface area (Å²) in [5, 5.41) is 5.05. The molecule has 0 saturated carbocycles. The van der Waals surface area contributed by atoms with Crippen LogP contribution in [0.2, 0.25) is 0 Å². The van der Waals surface area contributed by atoms with Crippen LogP contribution in [0.15, 0.2) is 41.1 Å². The average molecular weight is 282 g/mol. The number of hydrogen-bond donors (Lipinski definition) is 1. The van der Waals surface area contributed by atoms with Gasteiger partial charge in [0.05, 0.1) is 11.6 Å². The van der Waals surface area contributed by atoms with Crippen molar-refractivity contribution in [2.75, 3.05) is 0 Å². The minimum atomic E-state index is -0.267. The van der Waals surface area contributed by atoms with Crippen LogP contribution in [0.25, 0.3) is 22.4 Å². The quantitative estimate of drug-likeness (QED) is 0.780. The van der Waals surface area contributed by atoms with Gasteiger partial charge >= 0.3 is 0 Å². The zero-order chi connectivity index (χ0) is 15.0. The zero-order valence-electron chi connectivity index (χ0n) is 12.4. The van der Waals surface area contributed by atoms with Gasteiger partial charge in [0, 0.05) is 17.1 Å². The number of nitrogens with two attached hydrogens (primary N) is 1. The van der Waals surface area contributed by atoms with Gasteiger partial charge in [-0.15, -0.1) is 0 Å². The van der Waals surface area contributed by atoms with E-state index in [0.29, 0.717) is 11.7 Å². The van der Waals surface area contributed by atoms with Crippen molar-refractivity contribution in [2.45, 2.75) is 26.8 Å². The van der Waals surface area contributed by atoms with Gasteiger partial charge in [0.1, 0.15) is 0 Å². The summed E-state index contributed by atoms with van der Waals surface area (Å²) in [6.07, 6.45) is 1.77. The number of fused-ring (bicyclic) bond motifs is 1. The molecule has 0 aliphatic heterocycles. The van der Waals surface area contributed by atoms with E-state index < -0.39 is 0 Å². The molecule has 0 spiro atoms. The fourth-order valence-electron chi connectivity index (χ4n) is 2.07. The lowest BCUT2D eigenvalue weighted by Crippen LogP contribution is -2.27. The van der Waals surface area contributed by atoms with Gasteiger partial charge in [-0.3, -0.25) is 4.98 Å². The van der Waals surface area contributed by atoms with Gasteiger partial charge in [-0.05, 0) is 29.7 Å². The van der Waals surface area contributed by atoms with Crippen LogP contribution in [0.4, 0.5) is 0 Å². The first kappa shape index (κ1) is 13.7. The molecule has 5 nitrogen and oxygen atoms in total. The van der Waals surface area contributed by atoms with Crippen LogP contribution in [-0.4, -0.2) is 15.1 Å². The van der Waals surface area contributed by atoms with Crippen molar-refractivity contribution in [1.29, 1.82) is 0 Å². The minimum Gasteiger partial charge on any atom is -0.334 e. The third-order valence-corrected chi connectivity index (χ3v) is 3.50. The molecule has 2 N–H and O–H groups in total. The zero-order valence-corrected chi connectivity index (χ0v) is 12.4. The van der Waals surface area contributed by atoms with Crippen LogP contribution in [0.1, 0.15) is 32.6 Å². The lowest BCUT2D eigenvalue weighted by atomic mass is 9.87. The highest BCUT2D eigenvalue weighted by atomic mass is 16.5. The van der Waals surface area contributed by atoms with Gasteiger partial charge in [-0.1, -0.05) is 32.0 Å². The van der Waals surface area contributed by atoms with Crippen LogP contribution >= 0.6 is 0 Å². The van der Waals surface area contributed by atoms with E-state index in [1.54, 1.807) is 6.20 Å². The van der Waals surface area contributed by atoms with Gasteiger partial charge < -0.3 is 10.3 Å². The van der Waals surface area contributed by atoms with Crippen LogP contribution < -0.4 is 5.73 Å². The number of pyridine rings is 1. The van der Waals surface area contributed by atoms with Crippen LogP contribution in [0, 0.1) is 5.41 Å². The van der Waals surface area contributed by atoms with Crippen molar-refractivity contribution < 1.29 is 4.52 Å².